The van der Waals surface area contributed by atoms with Gasteiger partial charge in [0.2, 0.25) is 0 Å². The van der Waals surface area contributed by atoms with Gasteiger partial charge in [-0.1, -0.05) is 42.5 Å². The quantitative estimate of drug-likeness (QED) is 0.377. The first kappa shape index (κ1) is 21.5. The Balaban J connectivity index is 1.62. The number of methoxy groups -OCH3 is 1. The molecule has 1 aliphatic heterocycles. The Kier molecular flexibility index (Phi) is 6.34. The van der Waals surface area contributed by atoms with Crippen molar-refractivity contribution in [3.63, 3.8) is 0 Å². The molecule has 0 bridgehead atoms. The molecule has 0 radical (unpaired) electrons. The summed E-state index contributed by atoms with van der Waals surface area (Å²) in [6.07, 6.45) is 1.71. The van der Waals surface area contributed by atoms with E-state index in [0.717, 1.165) is 38.1 Å². The summed E-state index contributed by atoms with van der Waals surface area (Å²) in [5, 5.41) is 1.84. The van der Waals surface area contributed by atoms with Gasteiger partial charge in [-0.25, -0.2) is 0 Å². The first-order valence-electron chi connectivity index (χ1n) is 9.74. The monoisotopic (exact) mass is 497 g/mol. The van der Waals surface area contributed by atoms with Gasteiger partial charge in [-0.15, -0.1) is 0 Å². The third-order valence-electron chi connectivity index (χ3n) is 4.92. The zero-order valence-corrected chi connectivity index (χ0v) is 19.5. The van der Waals surface area contributed by atoms with Crippen LogP contribution in [0.3, 0.4) is 0 Å². The molecule has 4 rings (SSSR count). The molecule has 0 aliphatic carbocycles. The maximum Gasteiger partial charge on any atom is 0.293 e. The number of fused-ring (bicyclic) bond motifs is 1. The molecule has 3 aromatic carbocycles. The van der Waals surface area contributed by atoms with Crippen LogP contribution in [0.1, 0.15) is 18.1 Å². The highest BCUT2D eigenvalue weighted by Gasteiger charge is 2.35. The van der Waals surface area contributed by atoms with Gasteiger partial charge in [0.15, 0.2) is 11.5 Å². The number of imide groups is 1. The third kappa shape index (κ3) is 4.34. The zero-order valence-electron chi connectivity index (χ0n) is 17.1. The summed E-state index contributed by atoms with van der Waals surface area (Å²) < 4.78 is 11.8. The minimum atomic E-state index is -0.299. The van der Waals surface area contributed by atoms with Gasteiger partial charge < -0.3 is 9.47 Å². The molecule has 1 aliphatic rings. The SMILES string of the molecule is CCOc1c(Br)cc(/C=C2\SC(=O)N(Cc3cccc4ccccc34)C2=O)cc1OC. The molecule has 1 heterocycles. The fourth-order valence-electron chi connectivity index (χ4n) is 3.50. The van der Waals surface area contributed by atoms with Crippen molar-refractivity contribution in [2.45, 2.75) is 13.5 Å². The van der Waals surface area contributed by atoms with E-state index in [2.05, 4.69) is 15.9 Å². The van der Waals surface area contributed by atoms with E-state index in [1.54, 1.807) is 19.3 Å². The number of thioether (sulfide) groups is 1. The normalized spacial score (nSPS) is 15.2. The fraction of sp³-hybridized carbons (Fsp3) is 0.167. The van der Waals surface area contributed by atoms with E-state index in [9.17, 15) is 9.59 Å². The summed E-state index contributed by atoms with van der Waals surface area (Å²) in [6, 6.07) is 17.5. The number of halogens is 1. The summed E-state index contributed by atoms with van der Waals surface area (Å²) in [6.45, 7) is 2.63. The van der Waals surface area contributed by atoms with E-state index in [0.29, 0.717) is 23.0 Å². The Morgan fingerprint density at radius 3 is 2.65 bits per heavy atom. The predicted octanol–water partition coefficient (Wildman–Crippen LogP) is 6.25. The molecule has 0 N–H and O–H groups in total. The molecule has 1 fully saturated rings. The predicted molar refractivity (Wildman–Crippen MR) is 127 cm³/mol. The van der Waals surface area contributed by atoms with Crippen LogP contribution < -0.4 is 9.47 Å². The molecular weight excluding hydrogens is 478 g/mol. The molecule has 31 heavy (non-hydrogen) atoms. The molecule has 3 aromatic rings. The molecule has 5 nitrogen and oxygen atoms in total. The second kappa shape index (κ2) is 9.16. The smallest absolute Gasteiger partial charge is 0.293 e. The average molecular weight is 498 g/mol. The first-order valence-corrected chi connectivity index (χ1v) is 11.3. The van der Waals surface area contributed by atoms with Crippen molar-refractivity contribution >= 4 is 55.7 Å². The molecule has 1 saturated heterocycles. The van der Waals surface area contributed by atoms with Crippen molar-refractivity contribution in [3.05, 3.63) is 75.1 Å². The van der Waals surface area contributed by atoms with E-state index in [1.165, 1.54) is 4.90 Å². The summed E-state index contributed by atoms with van der Waals surface area (Å²) in [4.78, 5) is 27.3. The lowest BCUT2D eigenvalue weighted by Gasteiger charge is -2.14. The molecular formula is C24H20BrNO4S. The molecule has 0 aromatic heterocycles. The number of ether oxygens (including phenoxy) is 2. The number of hydrogen-bond acceptors (Lipinski definition) is 5. The lowest BCUT2D eigenvalue weighted by molar-refractivity contribution is -0.123. The maximum atomic E-state index is 13.0. The molecule has 158 valence electrons. The lowest BCUT2D eigenvalue weighted by atomic mass is 10.0. The molecule has 0 spiro atoms. The highest BCUT2D eigenvalue weighted by atomic mass is 79.9. The van der Waals surface area contributed by atoms with Crippen LogP contribution in [-0.4, -0.2) is 29.8 Å². The molecule has 7 heteroatoms. The summed E-state index contributed by atoms with van der Waals surface area (Å²) in [5.41, 5.74) is 1.68. The fourth-order valence-corrected chi connectivity index (χ4v) is 4.91. The number of rotatable bonds is 6. The van der Waals surface area contributed by atoms with Crippen molar-refractivity contribution in [1.29, 1.82) is 0 Å². The third-order valence-corrected chi connectivity index (χ3v) is 6.42. The lowest BCUT2D eigenvalue weighted by Crippen LogP contribution is -2.27. The summed E-state index contributed by atoms with van der Waals surface area (Å²) >= 11 is 4.44. The van der Waals surface area contributed by atoms with E-state index in [1.807, 2.05) is 55.5 Å². The topological polar surface area (TPSA) is 55.8 Å². The Hall–Kier alpha value is -2.77. The van der Waals surface area contributed by atoms with E-state index < -0.39 is 0 Å². The van der Waals surface area contributed by atoms with E-state index >= 15 is 0 Å². The first-order chi connectivity index (χ1) is 15.0. The van der Waals surface area contributed by atoms with Crippen LogP contribution >= 0.6 is 27.7 Å². The summed E-state index contributed by atoms with van der Waals surface area (Å²) in [7, 11) is 1.56. The van der Waals surface area contributed by atoms with Crippen LogP contribution in [0.5, 0.6) is 11.5 Å². The minimum absolute atomic E-state index is 0.236. The maximum absolute atomic E-state index is 13.0. The number of nitrogens with zero attached hydrogens (tertiary/aromatic N) is 1. The van der Waals surface area contributed by atoms with Gasteiger partial charge >= 0.3 is 0 Å². The second-order valence-corrected chi connectivity index (χ2v) is 8.72. The van der Waals surface area contributed by atoms with E-state index in [4.69, 9.17) is 9.47 Å². The van der Waals surface area contributed by atoms with Crippen molar-refractivity contribution in [2.24, 2.45) is 0 Å². The van der Waals surface area contributed by atoms with Crippen LogP contribution in [0.4, 0.5) is 4.79 Å². The van der Waals surface area contributed by atoms with Gasteiger partial charge in [-0.3, -0.25) is 14.5 Å². The summed E-state index contributed by atoms with van der Waals surface area (Å²) in [5.74, 6) is 0.857. The van der Waals surface area contributed by atoms with Crippen LogP contribution in [0.2, 0.25) is 0 Å². The standard InChI is InChI=1S/C24H20BrNO4S/c1-3-30-22-19(25)11-15(12-20(22)29-2)13-21-23(27)26(24(28)31-21)14-17-9-6-8-16-7-4-5-10-18(16)17/h4-13H,3,14H2,1-2H3/b21-13-. The Morgan fingerprint density at radius 2 is 1.87 bits per heavy atom. The Labute approximate surface area is 193 Å². The van der Waals surface area contributed by atoms with Crippen LogP contribution in [0, 0.1) is 0 Å². The van der Waals surface area contributed by atoms with Gasteiger partial charge in [0.25, 0.3) is 11.1 Å². The van der Waals surface area contributed by atoms with E-state index in [-0.39, 0.29) is 17.7 Å². The van der Waals surface area contributed by atoms with Gasteiger partial charge in [0.05, 0.1) is 29.6 Å². The highest BCUT2D eigenvalue weighted by Crippen LogP contribution is 2.39. The molecule has 2 amide bonds. The second-order valence-electron chi connectivity index (χ2n) is 6.87. The largest absolute Gasteiger partial charge is 0.493 e. The van der Waals surface area contributed by atoms with Crippen LogP contribution in [-0.2, 0) is 11.3 Å². The number of benzene rings is 3. The van der Waals surface area contributed by atoms with Gasteiger partial charge in [-0.2, -0.15) is 0 Å². The van der Waals surface area contributed by atoms with Gasteiger partial charge in [0, 0.05) is 0 Å². The van der Waals surface area contributed by atoms with Crippen LogP contribution in [0.15, 0.2) is 64.0 Å². The number of carbonyl (C=O) groups excluding carboxylic acids is 2. The Morgan fingerprint density at radius 1 is 1.10 bits per heavy atom. The van der Waals surface area contributed by atoms with Crippen molar-refractivity contribution < 1.29 is 19.1 Å². The van der Waals surface area contributed by atoms with Crippen LogP contribution in [0.25, 0.3) is 16.8 Å². The van der Waals surface area contributed by atoms with Gasteiger partial charge in [0.1, 0.15) is 0 Å². The van der Waals surface area contributed by atoms with Crippen molar-refractivity contribution in [3.8, 4) is 11.5 Å². The Bertz CT molecular complexity index is 1200. The zero-order chi connectivity index (χ0) is 22.0. The molecule has 0 unspecified atom stereocenters. The number of carbonyl (C=O) groups is 2. The van der Waals surface area contributed by atoms with Crippen molar-refractivity contribution in [2.75, 3.05) is 13.7 Å². The average Bonchev–Trinajstić information content (AvgIpc) is 3.03. The minimum Gasteiger partial charge on any atom is -0.493 e. The number of amides is 2. The molecule has 0 saturated carbocycles. The molecule has 0 atom stereocenters. The van der Waals surface area contributed by atoms with Crippen molar-refractivity contribution in [1.82, 2.24) is 4.90 Å². The van der Waals surface area contributed by atoms with Gasteiger partial charge in [-0.05, 0) is 74.7 Å². The number of hydrogen-bond donors (Lipinski definition) is 0. The highest BCUT2D eigenvalue weighted by molar-refractivity contribution is 9.10.